The van der Waals surface area contributed by atoms with Crippen LogP contribution in [0.25, 0.3) is 0 Å². The number of hydrogen-bond acceptors (Lipinski definition) is 2. The molecule has 14 heavy (non-hydrogen) atoms. The highest BCUT2D eigenvalue weighted by Gasteiger charge is 2.24. The Morgan fingerprint density at radius 3 is 2.86 bits per heavy atom. The van der Waals surface area contributed by atoms with E-state index in [4.69, 9.17) is 0 Å². The van der Waals surface area contributed by atoms with E-state index in [2.05, 4.69) is 10.6 Å². The maximum Gasteiger partial charge on any atom is 0.220 e. The second-order valence-corrected chi connectivity index (χ2v) is 4.58. The van der Waals surface area contributed by atoms with Crippen molar-refractivity contribution >= 4 is 5.91 Å². The van der Waals surface area contributed by atoms with E-state index in [0.717, 1.165) is 25.9 Å². The van der Waals surface area contributed by atoms with Crippen LogP contribution >= 0.6 is 0 Å². The van der Waals surface area contributed by atoms with Crippen LogP contribution in [0.5, 0.6) is 0 Å². The third-order valence-electron chi connectivity index (χ3n) is 3.15. The maximum atomic E-state index is 11.3. The smallest absolute Gasteiger partial charge is 0.220 e. The fraction of sp³-hybridized carbons (Fsp3) is 0.909. The van der Waals surface area contributed by atoms with Gasteiger partial charge < -0.3 is 10.6 Å². The molecule has 1 amide bonds. The quantitative estimate of drug-likeness (QED) is 0.690. The molecule has 1 saturated heterocycles. The Morgan fingerprint density at radius 1 is 1.36 bits per heavy atom. The van der Waals surface area contributed by atoms with E-state index in [9.17, 15) is 4.79 Å². The maximum absolute atomic E-state index is 11.3. The molecule has 0 spiro atoms. The van der Waals surface area contributed by atoms with Crippen molar-refractivity contribution in [2.75, 3.05) is 13.1 Å². The lowest BCUT2D eigenvalue weighted by atomic mass is 10.1. The van der Waals surface area contributed by atoms with Gasteiger partial charge in [0.2, 0.25) is 5.91 Å². The Labute approximate surface area is 85.6 Å². The van der Waals surface area contributed by atoms with Crippen molar-refractivity contribution in [1.29, 1.82) is 0 Å². The molecule has 0 aromatic heterocycles. The molecular weight excluding hydrogens is 176 g/mol. The molecule has 1 aliphatic heterocycles. The molecule has 2 rings (SSSR count). The normalized spacial score (nSPS) is 26.4. The standard InChI is InChI=1S/C11H20N2O/c14-11(8-9-3-4-9)13-7-5-10-2-1-6-12-10/h9-10,12H,1-8H2,(H,13,14)/t10-/m0/s1. The summed E-state index contributed by atoms with van der Waals surface area (Å²) < 4.78 is 0. The lowest BCUT2D eigenvalue weighted by Crippen LogP contribution is -2.30. The van der Waals surface area contributed by atoms with Crippen molar-refractivity contribution in [1.82, 2.24) is 10.6 Å². The molecule has 1 atom stereocenters. The van der Waals surface area contributed by atoms with Crippen molar-refractivity contribution in [2.45, 2.75) is 44.6 Å². The van der Waals surface area contributed by atoms with Gasteiger partial charge in [-0.25, -0.2) is 0 Å². The third kappa shape index (κ3) is 3.29. The van der Waals surface area contributed by atoms with Crippen molar-refractivity contribution in [2.24, 2.45) is 5.92 Å². The number of carbonyl (C=O) groups excluding carboxylic acids is 1. The molecule has 0 bridgehead atoms. The van der Waals surface area contributed by atoms with E-state index in [1.807, 2.05) is 0 Å². The minimum Gasteiger partial charge on any atom is -0.356 e. The van der Waals surface area contributed by atoms with Crippen LogP contribution in [0.1, 0.15) is 38.5 Å². The third-order valence-corrected chi connectivity index (χ3v) is 3.15. The molecule has 0 unspecified atom stereocenters. The van der Waals surface area contributed by atoms with Crippen LogP contribution in [-0.4, -0.2) is 25.0 Å². The van der Waals surface area contributed by atoms with Gasteiger partial charge in [0, 0.05) is 19.0 Å². The zero-order valence-electron chi connectivity index (χ0n) is 8.72. The minimum absolute atomic E-state index is 0.255. The molecule has 0 radical (unpaired) electrons. The van der Waals surface area contributed by atoms with E-state index < -0.39 is 0 Å². The summed E-state index contributed by atoms with van der Waals surface area (Å²) in [6, 6.07) is 0.649. The van der Waals surface area contributed by atoms with Crippen LogP contribution in [0.15, 0.2) is 0 Å². The Hall–Kier alpha value is -0.570. The van der Waals surface area contributed by atoms with Gasteiger partial charge in [0.05, 0.1) is 0 Å². The van der Waals surface area contributed by atoms with Crippen molar-refractivity contribution in [3.63, 3.8) is 0 Å². The first-order chi connectivity index (χ1) is 6.84. The number of carbonyl (C=O) groups is 1. The van der Waals surface area contributed by atoms with Gasteiger partial charge in [-0.3, -0.25) is 4.79 Å². The molecule has 1 aliphatic carbocycles. The van der Waals surface area contributed by atoms with Gasteiger partial charge in [0.15, 0.2) is 0 Å². The van der Waals surface area contributed by atoms with Crippen LogP contribution in [0.3, 0.4) is 0 Å². The van der Waals surface area contributed by atoms with Gasteiger partial charge in [0.25, 0.3) is 0 Å². The summed E-state index contributed by atoms with van der Waals surface area (Å²) in [6.07, 6.45) is 6.95. The molecule has 2 N–H and O–H groups in total. The van der Waals surface area contributed by atoms with E-state index in [0.29, 0.717) is 12.0 Å². The van der Waals surface area contributed by atoms with Crippen LogP contribution in [-0.2, 0) is 4.79 Å². The molecule has 0 aromatic rings. The van der Waals surface area contributed by atoms with Gasteiger partial charge >= 0.3 is 0 Å². The van der Waals surface area contributed by atoms with Gasteiger partial charge in [-0.1, -0.05) is 0 Å². The molecule has 1 saturated carbocycles. The first kappa shape index (κ1) is 9.97. The van der Waals surface area contributed by atoms with Crippen molar-refractivity contribution in [3.05, 3.63) is 0 Å². The van der Waals surface area contributed by atoms with Gasteiger partial charge in [-0.2, -0.15) is 0 Å². The minimum atomic E-state index is 0.255. The summed E-state index contributed by atoms with van der Waals surface area (Å²) in [5.74, 6) is 0.963. The molecule has 3 heteroatoms. The van der Waals surface area contributed by atoms with Crippen LogP contribution in [0.2, 0.25) is 0 Å². The Balaban J connectivity index is 1.50. The highest BCUT2D eigenvalue weighted by Crippen LogP contribution is 2.31. The average Bonchev–Trinajstić information content (AvgIpc) is 2.82. The Kier molecular flexibility index (Phi) is 3.40. The number of nitrogens with one attached hydrogen (secondary N) is 2. The fourth-order valence-electron chi connectivity index (χ4n) is 2.05. The van der Waals surface area contributed by atoms with Crippen LogP contribution in [0.4, 0.5) is 0 Å². The van der Waals surface area contributed by atoms with Crippen LogP contribution in [0, 0.1) is 5.92 Å². The Bertz CT molecular complexity index is 195. The first-order valence-corrected chi connectivity index (χ1v) is 5.84. The van der Waals surface area contributed by atoms with E-state index in [-0.39, 0.29) is 5.91 Å². The molecule has 3 nitrogen and oxygen atoms in total. The predicted molar refractivity (Wildman–Crippen MR) is 56.0 cm³/mol. The summed E-state index contributed by atoms with van der Waals surface area (Å²) in [4.78, 5) is 11.3. The molecular formula is C11H20N2O. The zero-order chi connectivity index (χ0) is 9.80. The zero-order valence-corrected chi connectivity index (χ0v) is 8.72. The molecule has 2 fully saturated rings. The van der Waals surface area contributed by atoms with Gasteiger partial charge in [-0.05, 0) is 44.6 Å². The summed E-state index contributed by atoms with van der Waals surface area (Å²) in [5.41, 5.74) is 0. The molecule has 0 aromatic carbocycles. The highest BCUT2D eigenvalue weighted by atomic mass is 16.1. The monoisotopic (exact) mass is 196 g/mol. The Morgan fingerprint density at radius 2 is 2.21 bits per heavy atom. The lowest BCUT2D eigenvalue weighted by Gasteiger charge is -2.10. The highest BCUT2D eigenvalue weighted by molar-refractivity contribution is 5.76. The summed E-state index contributed by atoms with van der Waals surface area (Å²) in [6.45, 7) is 2.00. The van der Waals surface area contributed by atoms with Gasteiger partial charge in [0.1, 0.15) is 0 Å². The summed E-state index contributed by atoms with van der Waals surface area (Å²) >= 11 is 0. The van der Waals surface area contributed by atoms with Gasteiger partial charge in [-0.15, -0.1) is 0 Å². The fourth-order valence-corrected chi connectivity index (χ4v) is 2.05. The SMILES string of the molecule is O=C(CC1CC1)NCC[C@@H]1CCCN1. The summed E-state index contributed by atoms with van der Waals surface area (Å²) in [5, 5.41) is 6.43. The number of rotatable bonds is 5. The number of amides is 1. The van der Waals surface area contributed by atoms with Crippen molar-refractivity contribution in [3.8, 4) is 0 Å². The molecule has 80 valence electrons. The number of hydrogen-bond donors (Lipinski definition) is 2. The molecule has 2 aliphatic rings. The predicted octanol–water partition coefficient (Wildman–Crippen LogP) is 1.04. The second-order valence-electron chi connectivity index (χ2n) is 4.58. The van der Waals surface area contributed by atoms with Crippen molar-refractivity contribution < 1.29 is 4.79 Å². The van der Waals surface area contributed by atoms with E-state index >= 15 is 0 Å². The average molecular weight is 196 g/mol. The van der Waals surface area contributed by atoms with E-state index in [1.54, 1.807) is 0 Å². The van der Waals surface area contributed by atoms with Crippen LogP contribution < -0.4 is 10.6 Å². The molecule has 1 heterocycles. The lowest BCUT2D eigenvalue weighted by molar-refractivity contribution is -0.121. The largest absolute Gasteiger partial charge is 0.356 e. The summed E-state index contributed by atoms with van der Waals surface area (Å²) in [7, 11) is 0. The first-order valence-electron chi connectivity index (χ1n) is 5.84. The topological polar surface area (TPSA) is 41.1 Å². The van der Waals surface area contributed by atoms with E-state index in [1.165, 1.54) is 25.7 Å². The second kappa shape index (κ2) is 4.78.